The summed E-state index contributed by atoms with van der Waals surface area (Å²) >= 11 is 0. The predicted molar refractivity (Wildman–Crippen MR) is 78.5 cm³/mol. The van der Waals surface area contributed by atoms with E-state index in [4.69, 9.17) is 0 Å². The number of fused-ring (bicyclic) bond motifs is 1. The fraction of sp³-hybridized carbons (Fsp3) is 0.500. The first-order valence-corrected chi connectivity index (χ1v) is 7.18. The van der Waals surface area contributed by atoms with Gasteiger partial charge < -0.3 is 15.1 Å². The van der Waals surface area contributed by atoms with E-state index < -0.39 is 0 Å². The van der Waals surface area contributed by atoms with E-state index in [-0.39, 0.29) is 0 Å². The summed E-state index contributed by atoms with van der Waals surface area (Å²) < 4.78 is 0. The molecule has 3 heteroatoms. The third kappa shape index (κ3) is 2.76. The number of rotatable bonds is 3. The van der Waals surface area contributed by atoms with Crippen LogP contribution in [0.25, 0.3) is 0 Å². The molecule has 1 aromatic rings. The maximum absolute atomic E-state index is 4.23. The van der Waals surface area contributed by atoms with Crippen LogP contribution in [-0.2, 0) is 13.1 Å². The molecule has 102 valence electrons. The number of likely N-dealkylation sites (tertiary alicyclic amines) is 1. The maximum atomic E-state index is 4.23. The first kappa shape index (κ1) is 12.5. The first-order valence-electron chi connectivity index (χ1n) is 7.18. The molecule has 0 bridgehead atoms. The number of benzene rings is 1. The zero-order valence-corrected chi connectivity index (χ0v) is 11.7. The van der Waals surface area contributed by atoms with Crippen LogP contribution in [0.4, 0.5) is 0 Å². The molecule has 0 aliphatic carbocycles. The lowest BCUT2D eigenvalue weighted by Crippen LogP contribution is -2.42. The molecule has 19 heavy (non-hydrogen) atoms. The molecular formula is C16H23N3. The second-order valence-electron chi connectivity index (χ2n) is 5.79. The van der Waals surface area contributed by atoms with Crippen molar-refractivity contribution in [1.82, 2.24) is 15.1 Å². The Balaban J connectivity index is 1.55. The Hall–Kier alpha value is -1.48. The van der Waals surface area contributed by atoms with E-state index in [1.807, 2.05) is 0 Å². The largest absolute Gasteiger partial charge is 0.369 e. The van der Waals surface area contributed by atoms with E-state index in [1.54, 1.807) is 0 Å². The summed E-state index contributed by atoms with van der Waals surface area (Å²) in [5.41, 5.74) is 2.88. The summed E-state index contributed by atoms with van der Waals surface area (Å²) in [6.07, 6.45) is 2.44. The second kappa shape index (κ2) is 5.25. The van der Waals surface area contributed by atoms with Crippen LogP contribution in [0, 0.1) is 0 Å². The molecule has 1 fully saturated rings. The highest BCUT2D eigenvalue weighted by Crippen LogP contribution is 2.24. The van der Waals surface area contributed by atoms with Crippen molar-refractivity contribution in [3.63, 3.8) is 0 Å². The molecule has 1 N–H and O–H groups in total. The second-order valence-corrected chi connectivity index (χ2v) is 5.79. The Kier molecular flexibility index (Phi) is 3.47. The number of nitrogens with one attached hydrogen (secondary N) is 1. The summed E-state index contributed by atoms with van der Waals surface area (Å²) in [6, 6.07) is 9.27. The quantitative estimate of drug-likeness (QED) is 0.895. The van der Waals surface area contributed by atoms with Gasteiger partial charge in [-0.3, -0.25) is 0 Å². The van der Waals surface area contributed by atoms with Crippen LogP contribution in [0.2, 0.25) is 0 Å². The molecule has 1 aromatic carbocycles. The SMILES string of the molecule is C=C(NC1CCN(C)CC1)N1Cc2ccccc2C1. The standard InChI is InChI=1S/C16H23N3/c1-13(17-16-7-9-18(2)10-8-16)19-11-14-5-3-4-6-15(14)12-19/h3-6,16-17H,1,7-12H2,2H3. The van der Waals surface area contributed by atoms with Crippen LogP contribution in [-0.4, -0.2) is 36.0 Å². The van der Waals surface area contributed by atoms with Crippen LogP contribution in [0.5, 0.6) is 0 Å². The summed E-state index contributed by atoms with van der Waals surface area (Å²) in [5.74, 6) is 1.09. The molecule has 0 spiro atoms. The highest BCUT2D eigenvalue weighted by molar-refractivity contribution is 5.31. The van der Waals surface area contributed by atoms with E-state index in [9.17, 15) is 0 Å². The van der Waals surface area contributed by atoms with Crippen LogP contribution in [0.1, 0.15) is 24.0 Å². The molecule has 0 radical (unpaired) electrons. The van der Waals surface area contributed by atoms with E-state index in [0.29, 0.717) is 6.04 Å². The minimum Gasteiger partial charge on any atom is -0.369 e. The summed E-state index contributed by atoms with van der Waals surface area (Å²) in [6.45, 7) is 8.59. The van der Waals surface area contributed by atoms with Crippen LogP contribution in [0.15, 0.2) is 36.7 Å². The normalized spacial score (nSPS) is 20.4. The van der Waals surface area contributed by atoms with Crippen molar-refractivity contribution < 1.29 is 0 Å². The Morgan fingerprint density at radius 1 is 1.16 bits per heavy atom. The van der Waals surface area contributed by atoms with Crippen LogP contribution in [0.3, 0.4) is 0 Å². The van der Waals surface area contributed by atoms with Crippen LogP contribution < -0.4 is 5.32 Å². The van der Waals surface area contributed by atoms with Gasteiger partial charge in [-0.25, -0.2) is 0 Å². The highest BCUT2D eigenvalue weighted by Gasteiger charge is 2.22. The summed E-state index contributed by atoms with van der Waals surface area (Å²) in [7, 11) is 2.20. The lowest BCUT2D eigenvalue weighted by Gasteiger charge is -2.33. The van der Waals surface area contributed by atoms with Gasteiger partial charge in [-0.1, -0.05) is 30.8 Å². The molecule has 0 atom stereocenters. The van der Waals surface area contributed by atoms with Crippen molar-refractivity contribution in [2.24, 2.45) is 0 Å². The monoisotopic (exact) mass is 257 g/mol. The zero-order chi connectivity index (χ0) is 13.2. The van der Waals surface area contributed by atoms with Gasteiger partial charge in [-0.2, -0.15) is 0 Å². The minimum atomic E-state index is 0.590. The smallest absolute Gasteiger partial charge is 0.0947 e. The van der Waals surface area contributed by atoms with Gasteiger partial charge in [0.25, 0.3) is 0 Å². The first-order chi connectivity index (χ1) is 9.22. The van der Waals surface area contributed by atoms with Gasteiger partial charge in [0.05, 0.1) is 5.82 Å². The minimum absolute atomic E-state index is 0.590. The van der Waals surface area contributed by atoms with E-state index in [1.165, 1.54) is 37.1 Å². The predicted octanol–water partition coefficient (Wildman–Crippen LogP) is 2.16. The molecule has 2 aliphatic rings. The molecule has 1 saturated heterocycles. The molecule has 0 aromatic heterocycles. The topological polar surface area (TPSA) is 18.5 Å². The zero-order valence-electron chi connectivity index (χ0n) is 11.7. The van der Waals surface area contributed by atoms with Gasteiger partial charge in [0.15, 0.2) is 0 Å². The Labute approximate surface area is 115 Å². The fourth-order valence-corrected chi connectivity index (χ4v) is 3.00. The summed E-state index contributed by atoms with van der Waals surface area (Å²) in [5, 5.41) is 3.62. The van der Waals surface area contributed by atoms with Crippen molar-refractivity contribution in [3.05, 3.63) is 47.8 Å². The van der Waals surface area contributed by atoms with Crippen molar-refractivity contribution in [2.45, 2.75) is 32.0 Å². The number of piperidine rings is 1. The van der Waals surface area contributed by atoms with Gasteiger partial charge in [0, 0.05) is 19.1 Å². The van der Waals surface area contributed by atoms with Crippen molar-refractivity contribution in [3.8, 4) is 0 Å². The average Bonchev–Trinajstić information content (AvgIpc) is 2.85. The van der Waals surface area contributed by atoms with Gasteiger partial charge in [0.2, 0.25) is 0 Å². The van der Waals surface area contributed by atoms with Crippen molar-refractivity contribution in [2.75, 3.05) is 20.1 Å². The molecular weight excluding hydrogens is 234 g/mol. The Morgan fingerprint density at radius 2 is 1.74 bits per heavy atom. The van der Waals surface area contributed by atoms with Gasteiger partial charge in [0.1, 0.15) is 0 Å². The number of hydrogen-bond donors (Lipinski definition) is 1. The van der Waals surface area contributed by atoms with Gasteiger partial charge in [-0.15, -0.1) is 0 Å². The Bertz CT molecular complexity index is 436. The lowest BCUT2D eigenvalue weighted by atomic mass is 10.1. The summed E-state index contributed by atoms with van der Waals surface area (Å²) in [4.78, 5) is 4.75. The lowest BCUT2D eigenvalue weighted by molar-refractivity contribution is 0.225. The number of nitrogens with zero attached hydrogens (tertiary/aromatic N) is 2. The van der Waals surface area contributed by atoms with Crippen LogP contribution >= 0.6 is 0 Å². The van der Waals surface area contributed by atoms with E-state index in [2.05, 4.69) is 53.0 Å². The van der Waals surface area contributed by atoms with Gasteiger partial charge in [-0.05, 0) is 44.1 Å². The fourth-order valence-electron chi connectivity index (χ4n) is 3.00. The third-order valence-electron chi connectivity index (χ3n) is 4.31. The van der Waals surface area contributed by atoms with Gasteiger partial charge >= 0.3 is 0 Å². The third-order valence-corrected chi connectivity index (χ3v) is 4.31. The average molecular weight is 257 g/mol. The molecule has 3 rings (SSSR count). The molecule has 2 heterocycles. The molecule has 0 saturated carbocycles. The maximum Gasteiger partial charge on any atom is 0.0947 e. The van der Waals surface area contributed by atoms with E-state index >= 15 is 0 Å². The van der Waals surface area contributed by atoms with Crippen molar-refractivity contribution in [1.29, 1.82) is 0 Å². The molecule has 0 unspecified atom stereocenters. The highest BCUT2D eigenvalue weighted by atomic mass is 15.3. The van der Waals surface area contributed by atoms with E-state index in [0.717, 1.165) is 18.9 Å². The number of hydrogen-bond acceptors (Lipinski definition) is 3. The Morgan fingerprint density at radius 3 is 2.32 bits per heavy atom. The van der Waals surface area contributed by atoms with Crippen molar-refractivity contribution >= 4 is 0 Å². The molecule has 3 nitrogen and oxygen atoms in total. The molecule has 0 amide bonds. The molecule has 2 aliphatic heterocycles.